The summed E-state index contributed by atoms with van der Waals surface area (Å²) >= 11 is 1.44. The molecule has 0 bridgehead atoms. The summed E-state index contributed by atoms with van der Waals surface area (Å²) in [6.07, 6.45) is 1.68. The van der Waals surface area contributed by atoms with Crippen LogP contribution < -0.4 is 5.32 Å². The van der Waals surface area contributed by atoms with E-state index in [2.05, 4.69) is 49.7 Å². The van der Waals surface area contributed by atoms with Crippen LogP contribution in [0.1, 0.15) is 22.7 Å². The molecule has 2 heterocycles. The van der Waals surface area contributed by atoms with Gasteiger partial charge in [-0.05, 0) is 11.1 Å². The molecule has 0 saturated carbocycles. The van der Waals surface area contributed by atoms with Crippen LogP contribution in [0, 0.1) is 0 Å². The number of carbonyl (C=O) groups is 1. The predicted molar refractivity (Wildman–Crippen MR) is 109 cm³/mol. The van der Waals surface area contributed by atoms with E-state index in [4.69, 9.17) is 0 Å². The van der Waals surface area contributed by atoms with E-state index in [0.29, 0.717) is 12.4 Å². The average molecular weight is 389 g/mol. The molecule has 28 heavy (non-hydrogen) atoms. The number of aromatic amines is 1. The Morgan fingerprint density at radius 1 is 1.04 bits per heavy atom. The normalized spacial score (nSPS) is 10.9. The topological polar surface area (TPSA) is 83.6 Å². The number of benzene rings is 2. The Balaban J connectivity index is 1.42. The van der Waals surface area contributed by atoms with Gasteiger partial charge in [0.05, 0.1) is 12.1 Å². The summed E-state index contributed by atoms with van der Waals surface area (Å²) in [5, 5.41) is 12.3. The number of amides is 1. The molecule has 2 aromatic heterocycles. The molecule has 0 aliphatic heterocycles. The van der Waals surface area contributed by atoms with Crippen LogP contribution in [0.15, 0.2) is 72.4 Å². The molecule has 0 aliphatic rings. The molecule has 7 heteroatoms. The van der Waals surface area contributed by atoms with Crippen LogP contribution in [0.3, 0.4) is 0 Å². The molecule has 4 rings (SSSR count). The van der Waals surface area contributed by atoms with Crippen LogP contribution >= 0.6 is 11.3 Å². The minimum atomic E-state index is -0.0497. The number of hydrogen-bond donors (Lipinski definition) is 2. The Labute approximate surface area is 166 Å². The lowest BCUT2D eigenvalue weighted by molar-refractivity contribution is -0.120. The Kier molecular flexibility index (Phi) is 5.53. The van der Waals surface area contributed by atoms with Crippen LogP contribution in [-0.4, -0.2) is 32.6 Å². The van der Waals surface area contributed by atoms with Crippen molar-refractivity contribution in [3.63, 3.8) is 0 Å². The van der Waals surface area contributed by atoms with Crippen molar-refractivity contribution in [2.24, 2.45) is 0 Å². The minimum Gasteiger partial charge on any atom is -0.355 e. The van der Waals surface area contributed by atoms with Crippen molar-refractivity contribution in [2.75, 3.05) is 6.54 Å². The van der Waals surface area contributed by atoms with Crippen molar-refractivity contribution in [3.05, 3.63) is 89.2 Å². The zero-order valence-corrected chi connectivity index (χ0v) is 15.9. The molecule has 6 nitrogen and oxygen atoms in total. The molecule has 0 unspecified atom stereocenters. The van der Waals surface area contributed by atoms with Crippen molar-refractivity contribution in [1.82, 2.24) is 25.5 Å². The molecule has 140 valence electrons. The van der Waals surface area contributed by atoms with E-state index in [1.807, 2.05) is 41.8 Å². The molecule has 0 saturated heterocycles. The fourth-order valence-electron chi connectivity index (χ4n) is 3.05. The zero-order chi connectivity index (χ0) is 19.2. The quantitative estimate of drug-likeness (QED) is 0.507. The summed E-state index contributed by atoms with van der Waals surface area (Å²) in [6, 6.07) is 20.4. The van der Waals surface area contributed by atoms with Crippen LogP contribution in [0.2, 0.25) is 0 Å². The number of aromatic nitrogens is 4. The van der Waals surface area contributed by atoms with Crippen LogP contribution in [0.25, 0.3) is 10.8 Å². The molecular weight excluding hydrogens is 370 g/mol. The maximum atomic E-state index is 12.5. The monoisotopic (exact) mass is 389 g/mol. The highest BCUT2D eigenvalue weighted by Gasteiger charge is 2.16. The number of H-pyrrole nitrogens is 1. The second kappa shape index (κ2) is 8.58. The first-order chi connectivity index (χ1) is 13.8. The minimum absolute atomic E-state index is 0.0497. The lowest BCUT2D eigenvalue weighted by atomic mass is 9.91. The number of nitrogens with one attached hydrogen (secondary N) is 2. The van der Waals surface area contributed by atoms with Gasteiger partial charge in [0.2, 0.25) is 5.91 Å². The summed E-state index contributed by atoms with van der Waals surface area (Å²) in [6.45, 7) is 0.534. The first kappa shape index (κ1) is 18.1. The summed E-state index contributed by atoms with van der Waals surface area (Å²) in [5.74, 6) is 0.669. The van der Waals surface area contributed by atoms with E-state index in [9.17, 15) is 4.79 Å². The standard InChI is InChI=1S/C21H19N5OS/c27-19(11-17-13-28-21(25-17)20-23-14-24-26-20)22-12-18(15-7-3-1-4-8-15)16-9-5-2-6-10-16/h1-10,13-14,18H,11-12H2,(H,22,27)(H,23,24,26). The van der Waals surface area contributed by atoms with Gasteiger partial charge in [0.25, 0.3) is 0 Å². The van der Waals surface area contributed by atoms with Gasteiger partial charge in [-0.3, -0.25) is 9.89 Å². The third-order valence-corrected chi connectivity index (χ3v) is 5.32. The molecular formula is C21H19N5OS. The van der Waals surface area contributed by atoms with Crippen LogP contribution in [0.5, 0.6) is 0 Å². The SMILES string of the molecule is O=C(Cc1csc(-c2ncn[nH]2)n1)NCC(c1ccccc1)c1ccccc1. The van der Waals surface area contributed by atoms with Gasteiger partial charge in [-0.2, -0.15) is 5.10 Å². The largest absolute Gasteiger partial charge is 0.355 e. The lowest BCUT2D eigenvalue weighted by Crippen LogP contribution is -2.30. The molecule has 2 N–H and O–H groups in total. The van der Waals surface area contributed by atoms with Gasteiger partial charge in [-0.1, -0.05) is 60.7 Å². The van der Waals surface area contributed by atoms with Gasteiger partial charge in [-0.25, -0.2) is 9.97 Å². The number of carbonyl (C=O) groups excluding carboxylic acids is 1. The number of hydrogen-bond acceptors (Lipinski definition) is 5. The van der Waals surface area contributed by atoms with Gasteiger partial charge < -0.3 is 5.32 Å². The molecule has 4 aromatic rings. The Hall–Kier alpha value is -3.32. The highest BCUT2D eigenvalue weighted by Crippen LogP contribution is 2.24. The molecule has 0 atom stereocenters. The summed E-state index contributed by atoms with van der Waals surface area (Å²) in [7, 11) is 0. The summed E-state index contributed by atoms with van der Waals surface area (Å²) < 4.78 is 0. The molecule has 0 aliphatic carbocycles. The van der Waals surface area contributed by atoms with E-state index < -0.39 is 0 Å². The predicted octanol–water partition coefficient (Wildman–Crippen LogP) is 3.42. The highest BCUT2D eigenvalue weighted by atomic mass is 32.1. The third-order valence-electron chi connectivity index (χ3n) is 4.42. The van der Waals surface area contributed by atoms with Crippen molar-refractivity contribution in [2.45, 2.75) is 12.3 Å². The lowest BCUT2D eigenvalue weighted by Gasteiger charge is -2.18. The maximum Gasteiger partial charge on any atom is 0.226 e. The van der Waals surface area contributed by atoms with Crippen molar-refractivity contribution in [1.29, 1.82) is 0 Å². The van der Waals surface area contributed by atoms with Gasteiger partial charge in [-0.15, -0.1) is 11.3 Å². The molecule has 2 aromatic carbocycles. The fraction of sp³-hybridized carbons (Fsp3) is 0.143. The van der Waals surface area contributed by atoms with Crippen LogP contribution in [-0.2, 0) is 11.2 Å². The van der Waals surface area contributed by atoms with Gasteiger partial charge >= 0.3 is 0 Å². The van der Waals surface area contributed by atoms with E-state index in [-0.39, 0.29) is 18.2 Å². The van der Waals surface area contributed by atoms with Crippen molar-refractivity contribution >= 4 is 17.2 Å². The third kappa shape index (κ3) is 4.32. The second-order valence-electron chi connectivity index (χ2n) is 6.33. The van der Waals surface area contributed by atoms with E-state index in [1.54, 1.807) is 0 Å². The molecule has 0 spiro atoms. The van der Waals surface area contributed by atoms with Crippen LogP contribution in [0.4, 0.5) is 0 Å². The maximum absolute atomic E-state index is 12.5. The number of nitrogens with zero attached hydrogens (tertiary/aromatic N) is 3. The van der Waals surface area contributed by atoms with Gasteiger partial charge in [0.15, 0.2) is 10.8 Å². The number of thiazole rings is 1. The van der Waals surface area contributed by atoms with Crippen molar-refractivity contribution in [3.8, 4) is 10.8 Å². The highest BCUT2D eigenvalue weighted by molar-refractivity contribution is 7.13. The Morgan fingerprint density at radius 2 is 1.71 bits per heavy atom. The second-order valence-corrected chi connectivity index (χ2v) is 7.19. The summed E-state index contributed by atoms with van der Waals surface area (Å²) in [5.41, 5.74) is 3.08. The smallest absolute Gasteiger partial charge is 0.226 e. The number of rotatable bonds is 7. The van der Waals surface area contributed by atoms with E-state index >= 15 is 0 Å². The van der Waals surface area contributed by atoms with Gasteiger partial charge in [0, 0.05) is 17.8 Å². The fourth-order valence-corrected chi connectivity index (χ4v) is 3.81. The Bertz CT molecular complexity index is 976. The zero-order valence-electron chi connectivity index (χ0n) is 15.1. The first-order valence-corrected chi connectivity index (χ1v) is 9.84. The summed E-state index contributed by atoms with van der Waals surface area (Å²) in [4.78, 5) is 21.0. The molecule has 0 fully saturated rings. The van der Waals surface area contributed by atoms with E-state index in [0.717, 1.165) is 10.7 Å². The molecule has 1 amide bonds. The first-order valence-electron chi connectivity index (χ1n) is 8.96. The average Bonchev–Trinajstić information content (AvgIpc) is 3.42. The van der Waals surface area contributed by atoms with Crippen molar-refractivity contribution < 1.29 is 4.79 Å². The molecule has 0 radical (unpaired) electrons. The van der Waals surface area contributed by atoms with E-state index in [1.165, 1.54) is 28.8 Å². The van der Waals surface area contributed by atoms with Gasteiger partial charge in [0.1, 0.15) is 6.33 Å². The Morgan fingerprint density at radius 3 is 2.32 bits per heavy atom.